The van der Waals surface area contributed by atoms with Gasteiger partial charge in [0.05, 0.1) is 12.2 Å². The van der Waals surface area contributed by atoms with Gasteiger partial charge in [0.25, 0.3) is 0 Å². The van der Waals surface area contributed by atoms with Crippen molar-refractivity contribution in [3.05, 3.63) is 0 Å². The minimum atomic E-state index is 0.562. The third-order valence-corrected chi connectivity index (χ3v) is 2.72. The van der Waals surface area contributed by atoms with Crippen LogP contribution in [0.3, 0.4) is 0 Å². The maximum atomic E-state index is 5.67. The van der Waals surface area contributed by atoms with E-state index in [1.54, 1.807) is 0 Å². The fourth-order valence-corrected chi connectivity index (χ4v) is 2.16. The van der Waals surface area contributed by atoms with E-state index in [1.807, 2.05) is 0 Å². The largest absolute Gasteiger partial charge is 0.375 e. The minimum absolute atomic E-state index is 0.562. The summed E-state index contributed by atoms with van der Waals surface area (Å²) < 4.78 is 5.67. The molecule has 1 unspecified atom stereocenters. The lowest BCUT2D eigenvalue weighted by Crippen LogP contribution is -2.29. The van der Waals surface area contributed by atoms with Crippen LogP contribution in [-0.2, 0) is 4.74 Å². The summed E-state index contributed by atoms with van der Waals surface area (Å²) in [6.07, 6.45) is 6.11. The molecule has 0 spiro atoms. The molecule has 0 aromatic heterocycles. The molecule has 58 valence electrons. The average Bonchev–Trinajstić information content (AvgIpc) is 2.30. The van der Waals surface area contributed by atoms with E-state index < -0.39 is 0 Å². The van der Waals surface area contributed by atoms with Crippen molar-refractivity contribution in [3.8, 4) is 0 Å². The van der Waals surface area contributed by atoms with Gasteiger partial charge in [0, 0.05) is 0 Å². The Bertz CT molecular complexity index is 114. The van der Waals surface area contributed by atoms with Crippen molar-refractivity contribution in [1.29, 1.82) is 0 Å². The highest BCUT2D eigenvalue weighted by atomic mass is 16.5. The molecule has 10 heavy (non-hydrogen) atoms. The fraction of sp³-hybridized carbons (Fsp3) is 1.00. The molecule has 2 fully saturated rings. The summed E-state index contributed by atoms with van der Waals surface area (Å²) in [5.41, 5.74) is 5.60. The predicted molar refractivity (Wildman–Crippen MR) is 39.7 cm³/mol. The summed E-state index contributed by atoms with van der Waals surface area (Å²) in [5, 5.41) is 0. The number of hydrogen-bond acceptors (Lipinski definition) is 2. The Balaban J connectivity index is 1.96. The Kier molecular flexibility index (Phi) is 1.66. The van der Waals surface area contributed by atoms with Crippen molar-refractivity contribution >= 4 is 0 Å². The summed E-state index contributed by atoms with van der Waals surface area (Å²) in [4.78, 5) is 0. The summed E-state index contributed by atoms with van der Waals surface area (Å²) in [6, 6.07) is 0. The zero-order valence-corrected chi connectivity index (χ0v) is 6.25. The van der Waals surface area contributed by atoms with Gasteiger partial charge in [0.1, 0.15) is 0 Å². The lowest BCUT2D eigenvalue weighted by atomic mass is 9.96. The van der Waals surface area contributed by atoms with Gasteiger partial charge in [-0.3, -0.25) is 0 Å². The first-order chi connectivity index (χ1) is 4.88. The Labute approximate surface area is 61.7 Å². The molecule has 0 aromatic carbocycles. The first-order valence-electron chi connectivity index (χ1n) is 4.24. The lowest BCUT2D eigenvalue weighted by molar-refractivity contribution is -0.0172. The molecular weight excluding hydrogens is 126 g/mol. The van der Waals surface area contributed by atoms with Gasteiger partial charge in [-0.2, -0.15) is 0 Å². The molecule has 0 aliphatic carbocycles. The van der Waals surface area contributed by atoms with E-state index in [-0.39, 0.29) is 0 Å². The van der Waals surface area contributed by atoms with E-state index in [0.29, 0.717) is 12.2 Å². The molecule has 2 saturated heterocycles. The van der Waals surface area contributed by atoms with Gasteiger partial charge in [-0.05, 0) is 38.1 Å². The smallest absolute Gasteiger partial charge is 0.0583 e. The van der Waals surface area contributed by atoms with Crippen LogP contribution in [0.1, 0.15) is 25.7 Å². The van der Waals surface area contributed by atoms with E-state index in [1.165, 1.54) is 25.7 Å². The average molecular weight is 141 g/mol. The van der Waals surface area contributed by atoms with Crippen LogP contribution in [0, 0.1) is 5.92 Å². The molecule has 0 amide bonds. The maximum absolute atomic E-state index is 5.67. The normalized spacial score (nSPS) is 45.9. The van der Waals surface area contributed by atoms with E-state index in [4.69, 9.17) is 10.5 Å². The molecule has 2 aliphatic rings. The van der Waals surface area contributed by atoms with Crippen molar-refractivity contribution < 1.29 is 4.74 Å². The molecule has 2 heterocycles. The summed E-state index contributed by atoms with van der Waals surface area (Å²) in [6.45, 7) is 0.858. The van der Waals surface area contributed by atoms with Crippen LogP contribution in [-0.4, -0.2) is 18.8 Å². The van der Waals surface area contributed by atoms with Gasteiger partial charge < -0.3 is 10.5 Å². The number of hydrogen-bond donors (Lipinski definition) is 1. The summed E-state index contributed by atoms with van der Waals surface area (Å²) in [5.74, 6) is 0.756. The molecule has 2 heteroatoms. The van der Waals surface area contributed by atoms with E-state index >= 15 is 0 Å². The molecule has 0 radical (unpaired) electrons. The molecule has 0 saturated carbocycles. The van der Waals surface area contributed by atoms with Crippen LogP contribution >= 0.6 is 0 Å². The van der Waals surface area contributed by atoms with Crippen molar-refractivity contribution in [2.75, 3.05) is 6.54 Å². The Morgan fingerprint density at radius 1 is 1.20 bits per heavy atom. The van der Waals surface area contributed by atoms with Crippen molar-refractivity contribution in [3.63, 3.8) is 0 Å². The van der Waals surface area contributed by atoms with Gasteiger partial charge >= 0.3 is 0 Å². The number of fused-ring (bicyclic) bond motifs is 2. The molecule has 2 rings (SSSR count). The van der Waals surface area contributed by atoms with Crippen molar-refractivity contribution in [2.45, 2.75) is 37.9 Å². The van der Waals surface area contributed by atoms with Gasteiger partial charge in [-0.15, -0.1) is 0 Å². The van der Waals surface area contributed by atoms with Crippen molar-refractivity contribution in [2.24, 2.45) is 11.7 Å². The molecule has 2 bridgehead atoms. The monoisotopic (exact) mass is 141 g/mol. The summed E-state index contributed by atoms with van der Waals surface area (Å²) in [7, 11) is 0. The molecule has 3 atom stereocenters. The fourth-order valence-electron chi connectivity index (χ4n) is 2.16. The second kappa shape index (κ2) is 2.51. The number of ether oxygens (including phenoxy) is 1. The third-order valence-electron chi connectivity index (χ3n) is 2.72. The van der Waals surface area contributed by atoms with Gasteiger partial charge in [-0.1, -0.05) is 0 Å². The Morgan fingerprint density at radius 2 is 1.80 bits per heavy atom. The lowest BCUT2D eigenvalue weighted by Gasteiger charge is -2.26. The minimum Gasteiger partial charge on any atom is -0.375 e. The highest BCUT2D eigenvalue weighted by Gasteiger charge is 2.33. The molecule has 2 aliphatic heterocycles. The molecule has 2 nitrogen and oxygen atoms in total. The van der Waals surface area contributed by atoms with Crippen molar-refractivity contribution in [1.82, 2.24) is 0 Å². The third kappa shape index (κ3) is 1.06. The molecule has 0 aromatic rings. The van der Waals surface area contributed by atoms with Crippen LogP contribution in [0.2, 0.25) is 0 Å². The zero-order valence-electron chi connectivity index (χ0n) is 6.25. The first-order valence-corrected chi connectivity index (χ1v) is 4.24. The van der Waals surface area contributed by atoms with E-state index in [9.17, 15) is 0 Å². The summed E-state index contributed by atoms with van der Waals surface area (Å²) >= 11 is 0. The van der Waals surface area contributed by atoms with Gasteiger partial charge in [-0.25, -0.2) is 0 Å². The predicted octanol–water partition coefficient (Wildman–Crippen LogP) is 0.903. The second-order valence-electron chi connectivity index (χ2n) is 3.53. The van der Waals surface area contributed by atoms with E-state index in [2.05, 4.69) is 0 Å². The maximum Gasteiger partial charge on any atom is 0.0583 e. The highest BCUT2D eigenvalue weighted by Crippen LogP contribution is 2.35. The standard InChI is InChI=1S/C8H15NO/c9-5-6-3-7-1-2-8(4-6)10-7/h6-8H,1-5,9H2/t6?,7-,8+. The van der Waals surface area contributed by atoms with Crippen LogP contribution < -0.4 is 5.73 Å². The Hall–Kier alpha value is -0.0800. The number of rotatable bonds is 1. The molecular formula is C8H15NO. The second-order valence-corrected chi connectivity index (χ2v) is 3.53. The van der Waals surface area contributed by atoms with Gasteiger partial charge in [0.2, 0.25) is 0 Å². The van der Waals surface area contributed by atoms with Crippen LogP contribution in [0.5, 0.6) is 0 Å². The number of nitrogens with two attached hydrogens (primary N) is 1. The Morgan fingerprint density at radius 3 is 2.30 bits per heavy atom. The van der Waals surface area contributed by atoms with Crippen LogP contribution in [0.4, 0.5) is 0 Å². The van der Waals surface area contributed by atoms with E-state index in [0.717, 1.165) is 12.5 Å². The van der Waals surface area contributed by atoms with Crippen LogP contribution in [0.25, 0.3) is 0 Å². The molecule has 2 N–H and O–H groups in total. The SMILES string of the molecule is NCC1C[C@H]2CC[C@@H](C1)O2. The zero-order chi connectivity index (χ0) is 6.97. The van der Waals surface area contributed by atoms with Crippen LogP contribution in [0.15, 0.2) is 0 Å². The van der Waals surface area contributed by atoms with Gasteiger partial charge in [0.15, 0.2) is 0 Å². The quantitative estimate of drug-likeness (QED) is 0.589. The highest BCUT2D eigenvalue weighted by molar-refractivity contribution is 4.84. The topological polar surface area (TPSA) is 35.2 Å². The first kappa shape index (κ1) is 6.62.